The average molecular weight is 394 g/mol. The Hall–Kier alpha value is -3.89. The number of rotatable bonds is 7. The van der Waals surface area contributed by atoms with E-state index in [1.165, 1.54) is 0 Å². The molecule has 2 aliphatic rings. The number of hydrogen-bond donors (Lipinski definition) is 0. The van der Waals surface area contributed by atoms with Gasteiger partial charge in [-0.25, -0.2) is 0 Å². The van der Waals surface area contributed by atoms with Gasteiger partial charge in [0.05, 0.1) is 12.7 Å². The van der Waals surface area contributed by atoms with Gasteiger partial charge in [0.1, 0.15) is 13.0 Å². The fourth-order valence-electron chi connectivity index (χ4n) is 2.95. The first-order valence-corrected chi connectivity index (χ1v) is 9.08. The molecule has 3 aromatic rings. The molecule has 1 aliphatic heterocycles. The van der Waals surface area contributed by atoms with Gasteiger partial charge in [-0.15, -0.1) is 15.3 Å². The van der Waals surface area contributed by atoms with Crippen molar-refractivity contribution in [3.8, 4) is 23.3 Å². The van der Waals surface area contributed by atoms with Gasteiger partial charge < -0.3 is 18.9 Å². The molecule has 148 valence electrons. The zero-order chi connectivity index (χ0) is 19.8. The summed E-state index contributed by atoms with van der Waals surface area (Å²) in [5.41, 5.74) is 2.92. The predicted molar refractivity (Wildman–Crippen MR) is 103 cm³/mol. The van der Waals surface area contributed by atoms with Crippen LogP contribution in [0.4, 0.5) is 0 Å². The van der Waals surface area contributed by atoms with Gasteiger partial charge in [0.25, 0.3) is 0 Å². The van der Waals surface area contributed by atoms with E-state index in [0.29, 0.717) is 49.0 Å². The summed E-state index contributed by atoms with van der Waals surface area (Å²) >= 11 is 0. The lowest BCUT2D eigenvalue weighted by Gasteiger charge is -2.18. The monoisotopic (exact) mass is 394 g/mol. The number of hydrogen-bond acceptors (Lipinski definition) is 10. The van der Waals surface area contributed by atoms with Crippen LogP contribution in [-0.4, -0.2) is 68.3 Å². The second-order valence-corrected chi connectivity index (χ2v) is 6.49. The number of ether oxygens (including phenoxy) is 2. The lowest BCUT2D eigenvalue weighted by Crippen LogP contribution is -2.29. The van der Waals surface area contributed by atoms with E-state index in [1.54, 1.807) is 16.9 Å². The second kappa shape index (κ2) is 6.93. The Labute approximate surface area is 165 Å². The summed E-state index contributed by atoms with van der Waals surface area (Å²) in [6.45, 7) is 3.31. The SMILES string of the molecule is CCOc1cc(-c2nnc3cc(C4=CC=C4)c(OCN4C=NN(C)C4)nn23)no1. The number of allylic oxidation sites excluding steroid dienone is 4. The maximum absolute atomic E-state index is 6.02. The molecule has 5 rings (SSSR count). The molecule has 0 aromatic carbocycles. The van der Waals surface area contributed by atoms with Crippen molar-refractivity contribution in [3.63, 3.8) is 0 Å². The Kier molecular flexibility index (Phi) is 4.12. The molecule has 0 fully saturated rings. The second-order valence-electron chi connectivity index (χ2n) is 6.49. The van der Waals surface area contributed by atoms with E-state index in [9.17, 15) is 0 Å². The summed E-state index contributed by atoms with van der Waals surface area (Å²) in [5, 5.41) is 23.1. The molecule has 11 heteroatoms. The van der Waals surface area contributed by atoms with Crippen molar-refractivity contribution in [2.45, 2.75) is 6.92 Å². The van der Waals surface area contributed by atoms with Gasteiger partial charge in [-0.1, -0.05) is 23.4 Å². The minimum absolute atomic E-state index is 0.312. The molecule has 0 bridgehead atoms. The van der Waals surface area contributed by atoms with Crippen LogP contribution < -0.4 is 9.47 Å². The van der Waals surface area contributed by atoms with Crippen LogP contribution in [0.2, 0.25) is 0 Å². The van der Waals surface area contributed by atoms with Gasteiger partial charge in [0, 0.05) is 12.6 Å². The van der Waals surface area contributed by atoms with Gasteiger partial charge in [0.2, 0.25) is 11.7 Å². The Morgan fingerprint density at radius 2 is 2.10 bits per heavy atom. The molecule has 0 saturated carbocycles. The van der Waals surface area contributed by atoms with E-state index in [4.69, 9.17) is 14.0 Å². The van der Waals surface area contributed by atoms with Crippen LogP contribution in [0, 0.1) is 0 Å². The van der Waals surface area contributed by atoms with Crippen molar-refractivity contribution >= 4 is 17.6 Å². The summed E-state index contributed by atoms with van der Waals surface area (Å²) in [6, 6.07) is 3.55. The highest BCUT2D eigenvalue weighted by atomic mass is 16.6. The van der Waals surface area contributed by atoms with Gasteiger partial charge in [-0.3, -0.25) is 5.01 Å². The van der Waals surface area contributed by atoms with E-state index < -0.39 is 0 Å². The molecule has 0 radical (unpaired) electrons. The standard InChI is InChI=1S/C18H18N8O3/c1-3-27-16-8-14(23-29-16)17-21-20-15-7-13(12-5-4-6-12)18(22-26(15)17)28-11-25-9-19-24(2)10-25/h4-9H,3,10-11H2,1-2H3. The van der Waals surface area contributed by atoms with E-state index in [2.05, 4.69) is 25.6 Å². The lowest BCUT2D eigenvalue weighted by molar-refractivity contribution is 0.157. The molecule has 0 saturated heterocycles. The smallest absolute Gasteiger partial charge is 0.311 e. The fourth-order valence-corrected chi connectivity index (χ4v) is 2.95. The first kappa shape index (κ1) is 17.2. The number of hydrazone groups is 1. The molecule has 0 atom stereocenters. The normalized spacial score (nSPS) is 15.2. The first-order valence-electron chi connectivity index (χ1n) is 9.08. The van der Waals surface area contributed by atoms with E-state index in [-0.39, 0.29) is 0 Å². The molecule has 0 amide bonds. The molecule has 0 N–H and O–H groups in total. The Bertz CT molecular complexity index is 1150. The summed E-state index contributed by atoms with van der Waals surface area (Å²) in [5.74, 6) is 1.21. The third kappa shape index (κ3) is 3.16. The largest absolute Gasteiger partial charge is 0.464 e. The minimum Gasteiger partial charge on any atom is -0.464 e. The van der Waals surface area contributed by atoms with Crippen molar-refractivity contribution in [1.29, 1.82) is 0 Å². The van der Waals surface area contributed by atoms with Crippen LogP contribution in [-0.2, 0) is 0 Å². The van der Waals surface area contributed by atoms with Crippen molar-refractivity contribution in [3.05, 3.63) is 35.9 Å². The maximum Gasteiger partial charge on any atom is 0.311 e. The van der Waals surface area contributed by atoms with Crippen LogP contribution in [0.5, 0.6) is 11.8 Å². The maximum atomic E-state index is 6.02. The van der Waals surface area contributed by atoms with Gasteiger partial charge >= 0.3 is 5.95 Å². The summed E-state index contributed by atoms with van der Waals surface area (Å²) in [6.07, 6.45) is 7.68. The molecule has 11 nitrogen and oxygen atoms in total. The van der Waals surface area contributed by atoms with Crippen LogP contribution in [0.3, 0.4) is 0 Å². The summed E-state index contributed by atoms with van der Waals surface area (Å²) < 4.78 is 18.1. The molecule has 4 heterocycles. The number of aromatic nitrogens is 5. The highest BCUT2D eigenvalue weighted by molar-refractivity contribution is 5.84. The molecule has 29 heavy (non-hydrogen) atoms. The number of nitrogens with zero attached hydrogens (tertiary/aromatic N) is 8. The van der Waals surface area contributed by atoms with Gasteiger partial charge in [0.15, 0.2) is 18.1 Å². The highest BCUT2D eigenvalue weighted by Crippen LogP contribution is 2.31. The third-order valence-electron chi connectivity index (χ3n) is 4.39. The van der Waals surface area contributed by atoms with Crippen molar-refractivity contribution in [2.24, 2.45) is 5.10 Å². The molecule has 0 unspecified atom stereocenters. The zero-order valence-electron chi connectivity index (χ0n) is 15.9. The summed E-state index contributed by atoms with van der Waals surface area (Å²) in [4.78, 5) is 1.93. The topological polar surface area (TPSA) is 106 Å². The molecule has 3 aromatic heterocycles. The van der Waals surface area contributed by atoms with Crippen LogP contribution in [0.15, 0.2) is 40.0 Å². The van der Waals surface area contributed by atoms with E-state index >= 15 is 0 Å². The average Bonchev–Trinajstić information content (AvgIpc) is 3.38. The molecular weight excluding hydrogens is 376 g/mol. The minimum atomic E-state index is 0.312. The highest BCUT2D eigenvalue weighted by Gasteiger charge is 2.21. The fraction of sp³-hybridized carbons (Fsp3) is 0.278. The quantitative estimate of drug-likeness (QED) is 0.591. The van der Waals surface area contributed by atoms with Crippen molar-refractivity contribution in [1.82, 2.24) is 34.9 Å². The first-order chi connectivity index (χ1) is 14.2. The third-order valence-corrected chi connectivity index (χ3v) is 4.39. The van der Waals surface area contributed by atoms with Crippen LogP contribution >= 0.6 is 0 Å². The summed E-state index contributed by atoms with van der Waals surface area (Å²) in [7, 11) is 1.90. The Morgan fingerprint density at radius 3 is 2.83 bits per heavy atom. The molecule has 0 spiro atoms. The molecule has 1 aliphatic carbocycles. The van der Waals surface area contributed by atoms with E-state index in [1.807, 2.05) is 48.2 Å². The molecular formula is C18H18N8O3. The predicted octanol–water partition coefficient (Wildman–Crippen LogP) is 1.62. The number of fused-ring (bicyclic) bond motifs is 1. The van der Waals surface area contributed by atoms with Gasteiger partial charge in [-0.2, -0.15) is 9.62 Å². The Morgan fingerprint density at radius 1 is 1.21 bits per heavy atom. The lowest BCUT2D eigenvalue weighted by atomic mass is 10.0. The zero-order valence-corrected chi connectivity index (χ0v) is 15.9. The van der Waals surface area contributed by atoms with Gasteiger partial charge in [-0.05, 0) is 18.6 Å². The van der Waals surface area contributed by atoms with Crippen molar-refractivity contribution in [2.75, 3.05) is 27.1 Å². The van der Waals surface area contributed by atoms with Crippen LogP contribution in [0.1, 0.15) is 12.5 Å². The Balaban J connectivity index is 1.50. The van der Waals surface area contributed by atoms with Crippen molar-refractivity contribution < 1.29 is 14.0 Å². The van der Waals surface area contributed by atoms with Crippen LogP contribution in [0.25, 0.3) is 22.7 Å². The van der Waals surface area contributed by atoms with E-state index in [0.717, 1.165) is 11.1 Å².